The van der Waals surface area contributed by atoms with Crippen molar-refractivity contribution >= 4 is 44.7 Å². The lowest BCUT2D eigenvalue weighted by atomic mass is 10.1. The van der Waals surface area contributed by atoms with Gasteiger partial charge in [0, 0.05) is 12.1 Å². The number of halogens is 2. The van der Waals surface area contributed by atoms with Crippen LogP contribution in [0.25, 0.3) is 0 Å². The zero-order valence-corrected chi connectivity index (χ0v) is 13.6. The second kappa shape index (κ2) is 6.66. The van der Waals surface area contributed by atoms with Crippen LogP contribution in [0.2, 0.25) is 5.02 Å². The number of thiophene rings is 1. The fourth-order valence-corrected chi connectivity index (χ4v) is 3.26. The van der Waals surface area contributed by atoms with Crippen LogP contribution in [-0.4, -0.2) is 24.3 Å². The molecule has 0 aliphatic heterocycles. The zero-order chi connectivity index (χ0) is 13.8. The molecule has 100 valence electrons. The first-order valence-corrected chi connectivity index (χ1v) is 7.80. The number of hydrogen-bond donors (Lipinski definition) is 0. The summed E-state index contributed by atoms with van der Waals surface area (Å²) in [5, 5.41) is 2.60. The molecule has 1 aromatic carbocycles. The van der Waals surface area contributed by atoms with E-state index >= 15 is 0 Å². The predicted molar refractivity (Wildman–Crippen MR) is 84.1 cm³/mol. The van der Waals surface area contributed by atoms with Crippen LogP contribution in [0.5, 0.6) is 0 Å². The monoisotopic (exact) mass is 357 g/mol. The van der Waals surface area contributed by atoms with Crippen LogP contribution in [0.15, 0.2) is 39.5 Å². The fourth-order valence-electron chi connectivity index (χ4n) is 1.81. The molecule has 0 saturated heterocycles. The zero-order valence-electron chi connectivity index (χ0n) is 10.4. The lowest BCUT2D eigenvalue weighted by Crippen LogP contribution is -2.25. The molecule has 0 radical (unpaired) electrons. The number of hydrogen-bond acceptors (Lipinski definition) is 3. The summed E-state index contributed by atoms with van der Waals surface area (Å²) >= 11 is 11.1. The SMILES string of the molecule is CN(CC(=O)c1ccccc1Cl)Cc1csc(Br)c1. The molecule has 2 nitrogen and oxygen atoms in total. The van der Waals surface area contributed by atoms with E-state index in [4.69, 9.17) is 11.6 Å². The molecule has 2 rings (SSSR count). The summed E-state index contributed by atoms with van der Waals surface area (Å²) in [6, 6.07) is 9.23. The van der Waals surface area contributed by atoms with Gasteiger partial charge in [0.2, 0.25) is 0 Å². The summed E-state index contributed by atoms with van der Waals surface area (Å²) in [6.45, 7) is 1.11. The van der Waals surface area contributed by atoms with Crippen LogP contribution in [0, 0.1) is 0 Å². The number of Topliss-reactive ketones (excluding diaryl/α,β-unsaturated/α-hetero) is 1. The second-order valence-corrected chi connectivity index (χ2v) is 7.03. The van der Waals surface area contributed by atoms with Gasteiger partial charge in [-0.15, -0.1) is 11.3 Å². The highest BCUT2D eigenvalue weighted by Gasteiger charge is 2.12. The highest BCUT2D eigenvalue weighted by atomic mass is 79.9. The smallest absolute Gasteiger partial charge is 0.178 e. The van der Waals surface area contributed by atoms with E-state index in [1.807, 2.05) is 24.1 Å². The van der Waals surface area contributed by atoms with Gasteiger partial charge in [-0.25, -0.2) is 0 Å². The number of ketones is 1. The molecule has 0 unspecified atom stereocenters. The van der Waals surface area contributed by atoms with Gasteiger partial charge in [-0.05, 0) is 52.1 Å². The van der Waals surface area contributed by atoms with E-state index in [2.05, 4.69) is 27.4 Å². The maximum atomic E-state index is 12.1. The third-order valence-corrected chi connectivity index (χ3v) is 4.54. The van der Waals surface area contributed by atoms with Crippen molar-refractivity contribution in [1.29, 1.82) is 0 Å². The lowest BCUT2D eigenvalue weighted by Gasteiger charge is -2.15. The molecule has 0 atom stereocenters. The highest BCUT2D eigenvalue weighted by molar-refractivity contribution is 9.11. The Hall–Kier alpha value is -0.680. The Morgan fingerprint density at radius 3 is 2.79 bits per heavy atom. The Labute approximate surface area is 130 Å². The van der Waals surface area contributed by atoms with Crippen LogP contribution >= 0.6 is 38.9 Å². The van der Waals surface area contributed by atoms with Gasteiger partial charge in [-0.3, -0.25) is 9.69 Å². The topological polar surface area (TPSA) is 20.3 Å². The fraction of sp³-hybridized carbons (Fsp3) is 0.214. The Balaban J connectivity index is 1.97. The van der Waals surface area contributed by atoms with Crippen molar-refractivity contribution in [3.8, 4) is 0 Å². The van der Waals surface area contributed by atoms with E-state index in [0.29, 0.717) is 17.1 Å². The molecular weight excluding hydrogens is 346 g/mol. The van der Waals surface area contributed by atoms with Gasteiger partial charge in [0.1, 0.15) is 0 Å². The third-order valence-electron chi connectivity index (χ3n) is 2.66. The summed E-state index contributed by atoms with van der Waals surface area (Å²) < 4.78 is 1.10. The minimum absolute atomic E-state index is 0.0439. The first kappa shape index (κ1) is 14.7. The van der Waals surface area contributed by atoms with Gasteiger partial charge in [0.05, 0.1) is 15.4 Å². The van der Waals surface area contributed by atoms with Crippen molar-refractivity contribution in [3.63, 3.8) is 0 Å². The first-order chi connectivity index (χ1) is 9.06. The Morgan fingerprint density at radius 2 is 2.16 bits per heavy atom. The Morgan fingerprint density at radius 1 is 1.42 bits per heavy atom. The largest absolute Gasteiger partial charge is 0.295 e. The molecular formula is C14H13BrClNOS. The van der Waals surface area contributed by atoms with Crippen LogP contribution in [0.3, 0.4) is 0 Å². The highest BCUT2D eigenvalue weighted by Crippen LogP contribution is 2.22. The maximum Gasteiger partial charge on any atom is 0.178 e. The van der Waals surface area contributed by atoms with Crippen molar-refractivity contribution in [1.82, 2.24) is 4.90 Å². The molecule has 0 N–H and O–H groups in total. The quantitative estimate of drug-likeness (QED) is 0.735. The summed E-state index contributed by atoms with van der Waals surface area (Å²) in [5.41, 5.74) is 1.79. The van der Waals surface area contributed by atoms with E-state index in [0.717, 1.165) is 10.3 Å². The number of nitrogens with zero attached hydrogens (tertiary/aromatic N) is 1. The van der Waals surface area contributed by atoms with Crippen LogP contribution in [0.1, 0.15) is 15.9 Å². The summed E-state index contributed by atoms with van der Waals surface area (Å²) in [7, 11) is 1.93. The van der Waals surface area contributed by atoms with Crippen LogP contribution in [-0.2, 0) is 6.54 Å². The van der Waals surface area contributed by atoms with Gasteiger partial charge in [0.15, 0.2) is 5.78 Å². The number of carbonyl (C=O) groups excluding carboxylic acids is 1. The molecule has 0 spiro atoms. The van der Waals surface area contributed by atoms with E-state index in [9.17, 15) is 4.79 Å². The van der Waals surface area contributed by atoms with Crippen molar-refractivity contribution in [3.05, 3.63) is 55.6 Å². The van der Waals surface area contributed by atoms with Gasteiger partial charge in [-0.1, -0.05) is 23.7 Å². The minimum Gasteiger partial charge on any atom is -0.295 e. The maximum absolute atomic E-state index is 12.1. The molecule has 2 aromatic rings. The lowest BCUT2D eigenvalue weighted by molar-refractivity contribution is 0.0943. The van der Waals surface area contributed by atoms with Crippen molar-refractivity contribution in [2.45, 2.75) is 6.54 Å². The second-order valence-electron chi connectivity index (χ2n) is 4.33. The number of benzene rings is 1. The van der Waals surface area contributed by atoms with E-state index in [1.165, 1.54) is 5.56 Å². The average Bonchev–Trinajstić information content (AvgIpc) is 2.74. The van der Waals surface area contributed by atoms with E-state index in [1.54, 1.807) is 23.5 Å². The van der Waals surface area contributed by atoms with E-state index < -0.39 is 0 Å². The third kappa shape index (κ3) is 4.14. The van der Waals surface area contributed by atoms with Crippen molar-refractivity contribution in [2.24, 2.45) is 0 Å². The van der Waals surface area contributed by atoms with Crippen LogP contribution < -0.4 is 0 Å². The summed E-state index contributed by atoms with van der Waals surface area (Å²) in [5.74, 6) is 0.0439. The molecule has 0 aliphatic carbocycles. The average molecular weight is 359 g/mol. The molecule has 5 heteroatoms. The molecule has 0 aliphatic rings. The van der Waals surface area contributed by atoms with Gasteiger partial charge in [0.25, 0.3) is 0 Å². The Bertz CT molecular complexity index is 584. The van der Waals surface area contributed by atoms with Gasteiger partial charge >= 0.3 is 0 Å². The molecule has 1 heterocycles. The molecule has 1 aromatic heterocycles. The van der Waals surface area contributed by atoms with Crippen molar-refractivity contribution in [2.75, 3.05) is 13.6 Å². The van der Waals surface area contributed by atoms with Gasteiger partial charge in [-0.2, -0.15) is 0 Å². The summed E-state index contributed by atoms with van der Waals surface area (Å²) in [4.78, 5) is 14.1. The van der Waals surface area contributed by atoms with Crippen LogP contribution in [0.4, 0.5) is 0 Å². The predicted octanol–water partition coefficient (Wildman–Crippen LogP) is 4.48. The standard InChI is InChI=1S/C14H13BrClNOS/c1-17(7-10-6-14(15)19-9-10)8-13(18)11-4-2-3-5-12(11)16/h2-6,9H,7-8H2,1H3. The normalized spacial score (nSPS) is 10.9. The van der Waals surface area contributed by atoms with Crippen molar-refractivity contribution < 1.29 is 4.79 Å². The molecule has 0 saturated carbocycles. The summed E-state index contributed by atoms with van der Waals surface area (Å²) in [6.07, 6.45) is 0. The molecule has 0 amide bonds. The molecule has 0 fully saturated rings. The number of rotatable bonds is 5. The molecule has 19 heavy (non-hydrogen) atoms. The Kier molecular flexibility index (Phi) is 5.16. The molecule has 0 bridgehead atoms. The number of carbonyl (C=O) groups is 1. The van der Waals surface area contributed by atoms with E-state index in [-0.39, 0.29) is 5.78 Å². The minimum atomic E-state index is 0.0439. The number of likely N-dealkylation sites (N-methyl/N-ethyl adjacent to an activating group) is 1. The first-order valence-electron chi connectivity index (χ1n) is 5.75. The van der Waals surface area contributed by atoms with Gasteiger partial charge < -0.3 is 0 Å².